The van der Waals surface area contributed by atoms with Crippen LogP contribution in [0.4, 0.5) is 0 Å². The minimum Gasteiger partial charge on any atom is -0.481 e. The highest BCUT2D eigenvalue weighted by Crippen LogP contribution is 2.11. The molecular formula is C39H59N11O11. The maximum absolute atomic E-state index is 14.2. The second-order valence-electron chi connectivity index (χ2n) is 15.2. The van der Waals surface area contributed by atoms with Crippen LogP contribution in [0.1, 0.15) is 71.1 Å². The van der Waals surface area contributed by atoms with Gasteiger partial charge in [0.25, 0.3) is 0 Å². The van der Waals surface area contributed by atoms with E-state index in [1.807, 2.05) is 0 Å². The number of nitrogens with zero attached hydrogens (tertiary/aromatic N) is 1. The molecule has 0 aliphatic heterocycles. The van der Waals surface area contributed by atoms with E-state index in [0.717, 1.165) is 0 Å². The Hall–Kier alpha value is -6.42. The molecule has 0 bridgehead atoms. The number of nitrogens with one attached hydrogen (secondary N) is 7. The number of aromatic nitrogens is 2. The van der Waals surface area contributed by atoms with Crippen LogP contribution in [0.3, 0.4) is 0 Å². The fourth-order valence-corrected chi connectivity index (χ4v) is 5.96. The SMILES string of the molecule is CC(C)[C@H](NC(=O)[C@H](Cc1cnc[nH]1)NC(=O)[C@H](Cc1ccccc1)NC(=O)[C@H](CC(=O)O)NC(=O)[C@@H](NC(=O)[C@@H](N)CCCCN)C(C)C)C(=O)N[C@@H](CC(N)=O)C(=O)O. The number of benzene rings is 1. The first-order valence-electron chi connectivity index (χ1n) is 19.8. The van der Waals surface area contributed by atoms with Gasteiger partial charge in [-0.1, -0.05) is 64.4 Å². The van der Waals surface area contributed by atoms with Crippen molar-refractivity contribution in [3.05, 3.63) is 54.1 Å². The molecule has 336 valence electrons. The molecule has 22 nitrogen and oxygen atoms in total. The number of carboxylic acid groups (broad SMARTS) is 2. The number of H-pyrrole nitrogens is 1. The Labute approximate surface area is 352 Å². The van der Waals surface area contributed by atoms with Crippen LogP contribution in [0.2, 0.25) is 0 Å². The number of aliphatic carboxylic acids is 2. The minimum absolute atomic E-state index is 0.176. The third-order valence-corrected chi connectivity index (χ3v) is 9.36. The molecule has 61 heavy (non-hydrogen) atoms. The Bertz CT molecular complexity index is 1810. The summed E-state index contributed by atoms with van der Waals surface area (Å²) in [4.78, 5) is 123. The highest BCUT2D eigenvalue weighted by molar-refractivity contribution is 5.98. The third-order valence-electron chi connectivity index (χ3n) is 9.36. The number of hydrogen-bond donors (Lipinski definition) is 12. The van der Waals surface area contributed by atoms with Gasteiger partial charge in [0, 0.05) is 24.7 Å². The van der Waals surface area contributed by atoms with E-state index in [-0.39, 0.29) is 12.8 Å². The van der Waals surface area contributed by atoms with Crippen molar-refractivity contribution in [2.24, 2.45) is 29.0 Å². The van der Waals surface area contributed by atoms with Gasteiger partial charge in [-0.15, -0.1) is 0 Å². The topological polar surface area (TPSA) is 373 Å². The van der Waals surface area contributed by atoms with Gasteiger partial charge in [0.05, 0.1) is 25.2 Å². The summed E-state index contributed by atoms with van der Waals surface area (Å²) in [7, 11) is 0. The predicted molar refractivity (Wildman–Crippen MR) is 218 cm³/mol. The van der Waals surface area contributed by atoms with E-state index in [4.69, 9.17) is 17.2 Å². The molecule has 1 aromatic carbocycles. The molecule has 0 saturated heterocycles. The van der Waals surface area contributed by atoms with Gasteiger partial charge in [0.1, 0.15) is 36.3 Å². The van der Waals surface area contributed by atoms with Crippen molar-refractivity contribution >= 4 is 53.3 Å². The van der Waals surface area contributed by atoms with Crippen molar-refractivity contribution in [1.29, 1.82) is 0 Å². The second kappa shape index (κ2) is 25.3. The molecular weight excluding hydrogens is 798 g/mol. The molecule has 1 heterocycles. The molecule has 2 aromatic rings. The zero-order chi connectivity index (χ0) is 45.8. The van der Waals surface area contributed by atoms with E-state index in [2.05, 4.69) is 41.9 Å². The van der Waals surface area contributed by atoms with Gasteiger partial charge in [-0.2, -0.15) is 0 Å². The molecule has 0 saturated carbocycles. The van der Waals surface area contributed by atoms with Crippen LogP contribution in [-0.4, -0.2) is 122 Å². The number of primary amides is 1. The summed E-state index contributed by atoms with van der Waals surface area (Å²) in [6.07, 6.45) is 2.18. The van der Waals surface area contributed by atoms with Crippen LogP contribution in [0.15, 0.2) is 42.9 Å². The van der Waals surface area contributed by atoms with Crippen LogP contribution in [0.25, 0.3) is 0 Å². The van der Waals surface area contributed by atoms with Gasteiger partial charge in [-0.05, 0) is 36.8 Å². The van der Waals surface area contributed by atoms with Gasteiger partial charge in [-0.25, -0.2) is 9.78 Å². The third kappa shape index (κ3) is 17.8. The number of unbranched alkanes of at least 4 members (excludes halogenated alkanes) is 1. The number of carbonyl (C=O) groups is 9. The molecule has 7 atom stereocenters. The van der Waals surface area contributed by atoms with Crippen molar-refractivity contribution in [2.75, 3.05) is 6.54 Å². The van der Waals surface area contributed by atoms with Gasteiger partial charge < -0.3 is 64.3 Å². The van der Waals surface area contributed by atoms with Crippen molar-refractivity contribution in [1.82, 2.24) is 41.9 Å². The summed E-state index contributed by atoms with van der Waals surface area (Å²) >= 11 is 0. The summed E-state index contributed by atoms with van der Waals surface area (Å²) in [6, 6.07) is -1.55. The van der Waals surface area contributed by atoms with Crippen LogP contribution < -0.4 is 49.1 Å². The number of carboxylic acids is 2. The summed E-state index contributed by atoms with van der Waals surface area (Å²) in [5.41, 5.74) is 17.6. The molecule has 0 radical (unpaired) electrons. The molecule has 0 unspecified atom stereocenters. The Morgan fingerprint density at radius 2 is 1.16 bits per heavy atom. The largest absolute Gasteiger partial charge is 0.481 e. The van der Waals surface area contributed by atoms with E-state index in [1.54, 1.807) is 58.0 Å². The number of carbonyl (C=O) groups excluding carboxylic acids is 7. The summed E-state index contributed by atoms with van der Waals surface area (Å²) in [5, 5.41) is 34.0. The quantitative estimate of drug-likeness (QED) is 0.0407. The first-order chi connectivity index (χ1) is 28.7. The van der Waals surface area contributed by atoms with Crippen molar-refractivity contribution in [2.45, 2.75) is 115 Å². The number of aromatic amines is 1. The lowest BCUT2D eigenvalue weighted by Crippen LogP contribution is -2.61. The smallest absolute Gasteiger partial charge is 0.326 e. The lowest BCUT2D eigenvalue weighted by Gasteiger charge is -2.28. The van der Waals surface area contributed by atoms with Crippen LogP contribution in [0.5, 0.6) is 0 Å². The molecule has 7 amide bonds. The number of rotatable bonds is 27. The summed E-state index contributed by atoms with van der Waals surface area (Å²) in [6.45, 7) is 6.78. The average Bonchev–Trinajstić information content (AvgIpc) is 3.70. The number of imidazole rings is 1. The zero-order valence-electron chi connectivity index (χ0n) is 34.6. The van der Waals surface area contributed by atoms with Gasteiger partial charge >= 0.3 is 11.9 Å². The maximum atomic E-state index is 14.2. The fraction of sp³-hybridized carbons (Fsp3) is 0.538. The van der Waals surface area contributed by atoms with Gasteiger partial charge in [-0.3, -0.25) is 38.4 Å². The molecule has 0 aliphatic carbocycles. The summed E-state index contributed by atoms with van der Waals surface area (Å²) < 4.78 is 0. The number of hydrogen-bond acceptors (Lipinski definition) is 12. The van der Waals surface area contributed by atoms with Gasteiger partial charge in [0.15, 0.2) is 0 Å². The maximum Gasteiger partial charge on any atom is 0.326 e. The Kier molecular flexibility index (Phi) is 21.0. The highest BCUT2D eigenvalue weighted by Gasteiger charge is 2.36. The van der Waals surface area contributed by atoms with Crippen LogP contribution >= 0.6 is 0 Å². The predicted octanol–water partition coefficient (Wildman–Crippen LogP) is -2.69. The highest BCUT2D eigenvalue weighted by atomic mass is 16.4. The van der Waals surface area contributed by atoms with E-state index >= 15 is 0 Å². The molecule has 0 fully saturated rings. The van der Waals surface area contributed by atoms with Crippen LogP contribution in [0, 0.1) is 11.8 Å². The minimum atomic E-state index is -1.74. The van der Waals surface area contributed by atoms with E-state index in [0.29, 0.717) is 37.1 Å². The summed E-state index contributed by atoms with van der Waals surface area (Å²) in [5.74, 6) is -10.5. The van der Waals surface area contributed by atoms with Crippen molar-refractivity contribution in [3.63, 3.8) is 0 Å². The Morgan fingerprint density at radius 1 is 0.656 bits per heavy atom. The standard InChI is InChI=1S/C39H59N11O11/c1-20(2)31(49-33(54)24(41)12-8-9-13-40)37(58)47-27(17-30(52)53)35(56)45-25(14-22-10-6-5-7-11-22)34(55)46-26(15-23-18-43-19-44-23)36(57)50-32(21(3)4)38(59)48-28(39(60)61)16-29(42)51/h5-7,10-11,18-21,24-28,31-32H,8-9,12-17,40-41H2,1-4H3,(H2,42,51)(H,43,44)(H,45,56)(H,46,55)(H,47,58)(H,48,59)(H,49,54)(H,50,57)(H,52,53)(H,60,61)/t24-,25-,26-,27-,28-,31-,32-/m0/s1. The van der Waals surface area contributed by atoms with Crippen LogP contribution in [-0.2, 0) is 56.0 Å². The lowest BCUT2D eigenvalue weighted by molar-refractivity contribution is -0.144. The van der Waals surface area contributed by atoms with E-state index < -0.39 is 120 Å². The molecule has 2 rings (SSSR count). The lowest BCUT2D eigenvalue weighted by atomic mass is 10.00. The molecule has 22 heteroatoms. The second-order valence-corrected chi connectivity index (χ2v) is 15.2. The molecule has 0 spiro atoms. The van der Waals surface area contributed by atoms with Gasteiger partial charge in [0.2, 0.25) is 41.4 Å². The zero-order valence-corrected chi connectivity index (χ0v) is 34.6. The van der Waals surface area contributed by atoms with E-state index in [9.17, 15) is 53.4 Å². The first-order valence-corrected chi connectivity index (χ1v) is 19.8. The van der Waals surface area contributed by atoms with Crippen molar-refractivity contribution < 1.29 is 53.4 Å². The molecule has 15 N–H and O–H groups in total. The number of nitrogens with two attached hydrogens (primary N) is 3. The Balaban J connectivity index is 2.42. The number of amides is 7. The normalized spacial score (nSPS) is 14.6. The molecule has 0 aliphatic rings. The average molecular weight is 858 g/mol. The molecule has 1 aromatic heterocycles. The Morgan fingerprint density at radius 3 is 1.66 bits per heavy atom. The van der Waals surface area contributed by atoms with Crippen molar-refractivity contribution in [3.8, 4) is 0 Å². The fourth-order valence-electron chi connectivity index (χ4n) is 5.96. The van der Waals surface area contributed by atoms with E-state index in [1.165, 1.54) is 12.5 Å². The monoisotopic (exact) mass is 857 g/mol. The first kappa shape index (κ1) is 50.7.